The summed E-state index contributed by atoms with van der Waals surface area (Å²) < 4.78 is 29.3. The van der Waals surface area contributed by atoms with E-state index in [1.54, 1.807) is 4.57 Å². The van der Waals surface area contributed by atoms with E-state index < -0.39 is 11.6 Å². The number of halogens is 2. The molecule has 0 spiro atoms. The van der Waals surface area contributed by atoms with Crippen LogP contribution in [0.3, 0.4) is 0 Å². The molecule has 0 aliphatic carbocycles. The lowest BCUT2D eigenvalue weighted by molar-refractivity contribution is -0.125. The number of carbonyl (C=O) groups is 1. The van der Waals surface area contributed by atoms with Crippen LogP contribution in [0.4, 0.5) is 14.7 Å². The number of fused-ring (bicyclic) bond motifs is 1. The Labute approximate surface area is 204 Å². The van der Waals surface area contributed by atoms with Crippen LogP contribution in [0.25, 0.3) is 10.2 Å². The first-order valence-corrected chi connectivity index (χ1v) is 12.4. The molecular weight excluding hydrogens is 470 g/mol. The number of benzene rings is 2. The number of anilines is 1. The van der Waals surface area contributed by atoms with E-state index in [1.165, 1.54) is 23.5 Å². The largest absolute Gasteiger partial charge is 0.352 e. The number of aromatic nitrogens is 2. The molecule has 0 bridgehead atoms. The van der Waals surface area contributed by atoms with E-state index in [1.807, 2.05) is 41.8 Å². The Hall–Kier alpha value is -3.59. The standard InChI is InChI=1S/C26H24F2N4O2S/c27-20-7-6-19(21(28)14-20)15-29-24(33)18-8-11-31(12-9-18)26-30-22-10-13-35-23(22)25(34)32(26)16-17-4-2-1-3-5-17/h1-7,10,13-14,18H,8-9,11-12,15-16H2,(H,29,33). The number of thiophene rings is 1. The van der Waals surface area contributed by atoms with Crippen molar-refractivity contribution in [3.05, 3.63) is 93.1 Å². The van der Waals surface area contributed by atoms with Gasteiger partial charge in [-0.15, -0.1) is 11.3 Å². The Morgan fingerprint density at radius 2 is 1.86 bits per heavy atom. The monoisotopic (exact) mass is 494 g/mol. The van der Waals surface area contributed by atoms with Crippen molar-refractivity contribution < 1.29 is 13.6 Å². The average Bonchev–Trinajstić information content (AvgIpc) is 3.35. The number of nitrogens with zero attached hydrogens (tertiary/aromatic N) is 3. The van der Waals surface area contributed by atoms with Gasteiger partial charge in [0.1, 0.15) is 16.3 Å². The normalized spacial score (nSPS) is 14.4. The molecule has 2 aromatic heterocycles. The highest BCUT2D eigenvalue weighted by molar-refractivity contribution is 7.17. The van der Waals surface area contributed by atoms with Crippen LogP contribution in [0.5, 0.6) is 0 Å². The molecule has 9 heteroatoms. The van der Waals surface area contributed by atoms with Gasteiger partial charge in [0.2, 0.25) is 11.9 Å². The van der Waals surface area contributed by atoms with Crippen molar-refractivity contribution in [1.82, 2.24) is 14.9 Å². The SMILES string of the molecule is O=C(NCc1ccc(F)cc1F)C1CCN(c2nc3ccsc3c(=O)n2Cc2ccccc2)CC1. The van der Waals surface area contributed by atoms with Gasteiger partial charge in [0.25, 0.3) is 5.56 Å². The highest BCUT2D eigenvalue weighted by Crippen LogP contribution is 2.25. The molecule has 1 fully saturated rings. The van der Waals surface area contributed by atoms with Gasteiger partial charge in [-0.25, -0.2) is 13.8 Å². The molecule has 2 aromatic carbocycles. The van der Waals surface area contributed by atoms with E-state index in [9.17, 15) is 18.4 Å². The molecule has 1 amide bonds. The predicted octanol–water partition coefficient (Wildman–Crippen LogP) is 4.32. The van der Waals surface area contributed by atoms with Crippen LogP contribution in [0.15, 0.2) is 64.8 Å². The Bertz CT molecular complexity index is 1410. The quantitative estimate of drug-likeness (QED) is 0.434. The van der Waals surface area contributed by atoms with Crippen molar-refractivity contribution in [3.63, 3.8) is 0 Å². The number of amides is 1. The number of rotatable bonds is 6. The molecule has 0 atom stereocenters. The maximum Gasteiger partial charge on any atom is 0.273 e. The van der Waals surface area contributed by atoms with E-state index in [-0.39, 0.29) is 29.5 Å². The molecule has 0 radical (unpaired) electrons. The summed E-state index contributed by atoms with van der Waals surface area (Å²) in [4.78, 5) is 32.9. The zero-order valence-electron chi connectivity index (χ0n) is 18.9. The third-order valence-electron chi connectivity index (χ3n) is 6.35. The fourth-order valence-electron chi connectivity index (χ4n) is 4.42. The van der Waals surface area contributed by atoms with Crippen LogP contribution in [-0.2, 0) is 17.9 Å². The first kappa shape index (κ1) is 23.2. The molecule has 6 nitrogen and oxygen atoms in total. The Balaban J connectivity index is 1.30. The van der Waals surface area contributed by atoms with Crippen LogP contribution >= 0.6 is 11.3 Å². The van der Waals surface area contributed by atoms with E-state index in [2.05, 4.69) is 10.2 Å². The number of hydrogen-bond acceptors (Lipinski definition) is 5. The predicted molar refractivity (Wildman–Crippen MR) is 133 cm³/mol. The third kappa shape index (κ3) is 4.95. The summed E-state index contributed by atoms with van der Waals surface area (Å²) in [5.41, 5.74) is 1.87. The maximum absolute atomic E-state index is 13.9. The van der Waals surface area contributed by atoms with Gasteiger partial charge >= 0.3 is 0 Å². The van der Waals surface area contributed by atoms with E-state index in [0.717, 1.165) is 11.6 Å². The molecule has 1 aliphatic heterocycles. The van der Waals surface area contributed by atoms with Gasteiger partial charge in [-0.05, 0) is 35.9 Å². The van der Waals surface area contributed by atoms with Crippen molar-refractivity contribution in [2.75, 3.05) is 18.0 Å². The lowest BCUT2D eigenvalue weighted by Gasteiger charge is -2.33. The van der Waals surface area contributed by atoms with Crippen LogP contribution in [0.1, 0.15) is 24.0 Å². The molecule has 1 aliphatic rings. The van der Waals surface area contributed by atoms with Gasteiger partial charge < -0.3 is 10.2 Å². The maximum atomic E-state index is 13.9. The van der Waals surface area contributed by atoms with Crippen LogP contribution in [0, 0.1) is 17.6 Å². The topological polar surface area (TPSA) is 67.2 Å². The summed E-state index contributed by atoms with van der Waals surface area (Å²) in [5.74, 6) is -1.10. The Kier molecular flexibility index (Phi) is 6.59. The summed E-state index contributed by atoms with van der Waals surface area (Å²) >= 11 is 1.39. The van der Waals surface area contributed by atoms with E-state index in [4.69, 9.17) is 4.98 Å². The summed E-state index contributed by atoms with van der Waals surface area (Å²) in [5, 5.41) is 4.64. The molecule has 1 saturated heterocycles. The van der Waals surface area contributed by atoms with Crippen molar-refractivity contribution in [1.29, 1.82) is 0 Å². The second-order valence-electron chi connectivity index (χ2n) is 8.64. The minimum atomic E-state index is -0.675. The molecule has 35 heavy (non-hydrogen) atoms. The van der Waals surface area contributed by atoms with Crippen molar-refractivity contribution in [2.45, 2.75) is 25.9 Å². The lowest BCUT2D eigenvalue weighted by Crippen LogP contribution is -2.43. The number of nitrogens with one attached hydrogen (secondary N) is 1. The third-order valence-corrected chi connectivity index (χ3v) is 7.24. The fourth-order valence-corrected chi connectivity index (χ4v) is 5.19. The number of piperidine rings is 1. The molecule has 1 N–H and O–H groups in total. The fraction of sp³-hybridized carbons (Fsp3) is 0.269. The zero-order chi connectivity index (χ0) is 24.4. The molecular formula is C26H24F2N4O2S. The van der Waals surface area contributed by atoms with Gasteiger partial charge in [0.05, 0.1) is 12.1 Å². The smallest absolute Gasteiger partial charge is 0.273 e. The minimum Gasteiger partial charge on any atom is -0.352 e. The second kappa shape index (κ2) is 9.95. The number of hydrogen-bond donors (Lipinski definition) is 1. The molecule has 3 heterocycles. The molecule has 4 aromatic rings. The van der Waals surface area contributed by atoms with Gasteiger partial charge in [0.15, 0.2) is 0 Å². The van der Waals surface area contributed by atoms with E-state index >= 15 is 0 Å². The summed E-state index contributed by atoms with van der Waals surface area (Å²) in [6, 6.07) is 15.0. The van der Waals surface area contributed by atoms with Gasteiger partial charge in [-0.1, -0.05) is 36.4 Å². The Morgan fingerprint density at radius 3 is 2.60 bits per heavy atom. The van der Waals surface area contributed by atoms with Crippen molar-refractivity contribution in [2.24, 2.45) is 5.92 Å². The van der Waals surface area contributed by atoms with Crippen LogP contribution in [-0.4, -0.2) is 28.5 Å². The Morgan fingerprint density at radius 1 is 1.09 bits per heavy atom. The number of carbonyl (C=O) groups excluding carboxylic acids is 1. The van der Waals surface area contributed by atoms with Crippen LogP contribution < -0.4 is 15.8 Å². The summed E-state index contributed by atoms with van der Waals surface area (Å²) in [6.45, 7) is 1.57. The van der Waals surface area contributed by atoms with Crippen molar-refractivity contribution >= 4 is 33.4 Å². The highest BCUT2D eigenvalue weighted by Gasteiger charge is 2.28. The zero-order valence-corrected chi connectivity index (χ0v) is 19.7. The average molecular weight is 495 g/mol. The summed E-state index contributed by atoms with van der Waals surface area (Å²) in [6.07, 6.45) is 1.17. The molecule has 180 valence electrons. The van der Waals surface area contributed by atoms with E-state index in [0.29, 0.717) is 48.6 Å². The van der Waals surface area contributed by atoms with Crippen LogP contribution in [0.2, 0.25) is 0 Å². The molecule has 0 saturated carbocycles. The van der Waals surface area contributed by atoms with Gasteiger partial charge in [-0.2, -0.15) is 0 Å². The first-order valence-electron chi connectivity index (χ1n) is 11.5. The second-order valence-corrected chi connectivity index (χ2v) is 9.55. The molecule has 5 rings (SSSR count). The molecule has 0 unspecified atom stereocenters. The minimum absolute atomic E-state index is 0.0121. The van der Waals surface area contributed by atoms with Gasteiger partial charge in [0, 0.05) is 37.2 Å². The first-order chi connectivity index (χ1) is 17.0. The van der Waals surface area contributed by atoms with Crippen molar-refractivity contribution in [3.8, 4) is 0 Å². The highest BCUT2D eigenvalue weighted by atomic mass is 32.1. The summed E-state index contributed by atoms with van der Waals surface area (Å²) in [7, 11) is 0. The van der Waals surface area contributed by atoms with Gasteiger partial charge in [-0.3, -0.25) is 14.2 Å². The lowest BCUT2D eigenvalue weighted by atomic mass is 9.96.